The monoisotopic (exact) mass is 306 g/mol. The van der Waals surface area contributed by atoms with Gasteiger partial charge in [-0.3, -0.25) is 4.90 Å². The lowest BCUT2D eigenvalue weighted by Gasteiger charge is -2.46. The van der Waals surface area contributed by atoms with Gasteiger partial charge in [-0.1, -0.05) is 23.7 Å². The van der Waals surface area contributed by atoms with Gasteiger partial charge in [-0.05, 0) is 31.5 Å². The first-order valence-electron chi connectivity index (χ1n) is 7.11. The number of halogens is 1. The normalized spacial score (nSPS) is 17.7. The van der Waals surface area contributed by atoms with E-state index in [2.05, 4.69) is 15.1 Å². The molecule has 1 aliphatic heterocycles. The molecule has 6 heteroatoms. The van der Waals surface area contributed by atoms with Crippen molar-refractivity contribution >= 4 is 11.6 Å². The summed E-state index contributed by atoms with van der Waals surface area (Å²) in [7, 11) is 0. The number of benzene rings is 1. The van der Waals surface area contributed by atoms with E-state index < -0.39 is 5.60 Å². The van der Waals surface area contributed by atoms with Crippen molar-refractivity contribution in [3.8, 4) is 0 Å². The Hall–Kier alpha value is -1.43. The molecule has 0 atom stereocenters. The third kappa shape index (κ3) is 2.81. The fraction of sp³-hybridized carbons (Fsp3) is 0.467. The first-order valence-corrected chi connectivity index (χ1v) is 7.49. The lowest BCUT2D eigenvalue weighted by Crippen LogP contribution is -2.58. The first kappa shape index (κ1) is 14.5. The lowest BCUT2D eigenvalue weighted by molar-refractivity contribution is -0.108. The maximum Gasteiger partial charge on any atom is 0.115 e. The molecule has 112 valence electrons. The van der Waals surface area contributed by atoms with Crippen LogP contribution in [0.4, 0.5) is 0 Å². The Morgan fingerprint density at radius 2 is 1.90 bits per heavy atom. The Labute approximate surface area is 129 Å². The van der Waals surface area contributed by atoms with Crippen LogP contribution in [0.1, 0.15) is 23.9 Å². The Kier molecular flexibility index (Phi) is 3.73. The van der Waals surface area contributed by atoms with Gasteiger partial charge in [0.1, 0.15) is 5.60 Å². The van der Waals surface area contributed by atoms with Crippen molar-refractivity contribution in [2.45, 2.75) is 32.5 Å². The van der Waals surface area contributed by atoms with E-state index >= 15 is 0 Å². The Morgan fingerprint density at radius 1 is 1.24 bits per heavy atom. The molecule has 0 bridgehead atoms. The molecule has 0 aliphatic carbocycles. The molecule has 3 rings (SSSR count). The summed E-state index contributed by atoms with van der Waals surface area (Å²) in [4.78, 5) is 3.88. The molecule has 1 saturated heterocycles. The van der Waals surface area contributed by atoms with Gasteiger partial charge in [-0.25, -0.2) is 0 Å². The molecule has 1 N–H and O–H groups in total. The van der Waals surface area contributed by atoms with Gasteiger partial charge in [0.2, 0.25) is 0 Å². The first-order chi connectivity index (χ1) is 10.00. The highest BCUT2D eigenvalue weighted by atomic mass is 35.5. The van der Waals surface area contributed by atoms with E-state index in [1.807, 2.05) is 38.1 Å². The SMILES string of the molecule is CCn1nc(C)c(CN2CC(O)(c3ccc(Cl)cc3)C2)n1. The maximum absolute atomic E-state index is 10.6. The highest BCUT2D eigenvalue weighted by Gasteiger charge is 2.42. The fourth-order valence-electron chi connectivity index (χ4n) is 2.71. The number of likely N-dealkylation sites (tertiary alicyclic amines) is 1. The number of hydrogen-bond donors (Lipinski definition) is 1. The van der Waals surface area contributed by atoms with Gasteiger partial charge in [0, 0.05) is 24.7 Å². The van der Waals surface area contributed by atoms with Gasteiger partial charge in [-0.2, -0.15) is 15.0 Å². The number of aryl methyl sites for hydroxylation is 2. The van der Waals surface area contributed by atoms with Crippen LogP contribution in [0.15, 0.2) is 24.3 Å². The number of aromatic nitrogens is 3. The minimum absolute atomic E-state index is 0.604. The minimum Gasteiger partial charge on any atom is -0.382 e. The van der Waals surface area contributed by atoms with Gasteiger partial charge in [0.15, 0.2) is 0 Å². The second-order valence-corrected chi connectivity index (χ2v) is 6.04. The van der Waals surface area contributed by atoms with Crippen molar-refractivity contribution in [3.63, 3.8) is 0 Å². The number of rotatable bonds is 4. The molecule has 0 amide bonds. The molecular formula is C15H19ClN4O. The van der Waals surface area contributed by atoms with Crippen molar-refractivity contribution in [3.05, 3.63) is 46.2 Å². The number of β-amino-alcohol motifs (C(OH)–C–C–N with tert-alkyl or cyclic N) is 1. The fourth-order valence-corrected chi connectivity index (χ4v) is 2.84. The van der Waals surface area contributed by atoms with Crippen molar-refractivity contribution in [2.24, 2.45) is 0 Å². The average Bonchev–Trinajstić information content (AvgIpc) is 2.78. The second-order valence-electron chi connectivity index (χ2n) is 5.60. The van der Waals surface area contributed by atoms with Crippen molar-refractivity contribution in [1.29, 1.82) is 0 Å². The summed E-state index contributed by atoms with van der Waals surface area (Å²) in [6.07, 6.45) is 0. The van der Waals surface area contributed by atoms with Crippen LogP contribution in [0.3, 0.4) is 0 Å². The van der Waals surface area contributed by atoms with E-state index in [0.29, 0.717) is 18.1 Å². The predicted molar refractivity (Wildman–Crippen MR) is 81.1 cm³/mol. The van der Waals surface area contributed by atoms with Crippen LogP contribution in [0.25, 0.3) is 0 Å². The van der Waals surface area contributed by atoms with Crippen LogP contribution >= 0.6 is 11.6 Å². The highest BCUT2D eigenvalue weighted by molar-refractivity contribution is 6.30. The summed E-state index contributed by atoms with van der Waals surface area (Å²) in [5.74, 6) is 0. The van der Waals surface area contributed by atoms with Crippen LogP contribution in [0.2, 0.25) is 5.02 Å². The standard InChI is InChI=1S/C15H19ClN4O/c1-3-20-17-11(2)14(18-20)8-19-9-15(21,10-19)12-4-6-13(16)7-5-12/h4-7,21H,3,8-10H2,1-2H3. The molecule has 2 aromatic rings. The van der Waals surface area contributed by atoms with Gasteiger partial charge in [-0.15, -0.1) is 0 Å². The van der Waals surface area contributed by atoms with Gasteiger partial charge >= 0.3 is 0 Å². The third-order valence-corrected chi connectivity index (χ3v) is 4.18. The maximum atomic E-state index is 10.6. The Morgan fingerprint density at radius 3 is 2.48 bits per heavy atom. The highest BCUT2D eigenvalue weighted by Crippen LogP contribution is 2.33. The molecule has 1 fully saturated rings. The van der Waals surface area contributed by atoms with Crippen molar-refractivity contribution in [2.75, 3.05) is 13.1 Å². The zero-order valence-electron chi connectivity index (χ0n) is 12.3. The van der Waals surface area contributed by atoms with Crippen LogP contribution in [-0.4, -0.2) is 38.1 Å². The van der Waals surface area contributed by atoms with Crippen LogP contribution in [0.5, 0.6) is 0 Å². The van der Waals surface area contributed by atoms with E-state index in [-0.39, 0.29) is 0 Å². The summed E-state index contributed by atoms with van der Waals surface area (Å²) in [6.45, 7) is 6.70. The van der Waals surface area contributed by atoms with Crippen molar-refractivity contribution in [1.82, 2.24) is 19.9 Å². The van der Waals surface area contributed by atoms with E-state index in [4.69, 9.17) is 11.6 Å². The van der Waals surface area contributed by atoms with Crippen LogP contribution < -0.4 is 0 Å². The lowest BCUT2D eigenvalue weighted by atomic mass is 9.86. The molecule has 0 spiro atoms. The summed E-state index contributed by atoms with van der Waals surface area (Å²) in [5, 5.41) is 20.1. The average molecular weight is 307 g/mol. The van der Waals surface area contributed by atoms with Gasteiger partial charge < -0.3 is 5.11 Å². The molecule has 1 aromatic heterocycles. The van der Waals surface area contributed by atoms with Crippen LogP contribution in [-0.2, 0) is 18.7 Å². The molecule has 1 aliphatic rings. The minimum atomic E-state index is -0.779. The number of aliphatic hydroxyl groups is 1. The number of nitrogens with zero attached hydrogens (tertiary/aromatic N) is 4. The van der Waals surface area contributed by atoms with E-state index in [1.54, 1.807) is 4.80 Å². The summed E-state index contributed by atoms with van der Waals surface area (Å²) in [5.41, 5.74) is 2.07. The molecule has 5 nitrogen and oxygen atoms in total. The zero-order valence-corrected chi connectivity index (χ0v) is 13.0. The molecule has 1 aromatic carbocycles. The largest absolute Gasteiger partial charge is 0.382 e. The summed E-state index contributed by atoms with van der Waals surface area (Å²) < 4.78 is 0. The molecule has 0 radical (unpaired) electrons. The smallest absolute Gasteiger partial charge is 0.115 e. The van der Waals surface area contributed by atoms with E-state index in [0.717, 1.165) is 30.0 Å². The Balaban J connectivity index is 1.64. The van der Waals surface area contributed by atoms with E-state index in [1.165, 1.54) is 0 Å². The topological polar surface area (TPSA) is 54.2 Å². The molecule has 0 saturated carbocycles. The van der Waals surface area contributed by atoms with Gasteiger partial charge in [0.05, 0.1) is 17.9 Å². The van der Waals surface area contributed by atoms with E-state index in [9.17, 15) is 5.11 Å². The summed E-state index contributed by atoms with van der Waals surface area (Å²) in [6, 6.07) is 7.40. The molecule has 0 unspecified atom stereocenters. The second kappa shape index (κ2) is 5.40. The Bertz CT molecular complexity index is 632. The quantitative estimate of drug-likeness (QED) is 0.938. The third-order valence-electron chi connectivity index (χ3n) is 3.93. The van der Waals surface area contributed by atoms with Crippen molar-refractivity contribution < 1.29 is 5.11 Å². The molecule has 21 heavy (non-hydrogen) atoms. The summed E-state index contributed by atoms with van der Waals surface area (Å²) >= 11 is 5.88. The predicted octanol–water partition coefficient (Wildman–Crippen LogP) is 1.96. The van der Waals surface area contributed by atoms with Crippen LogP contribution in [0, 0.1) is 6.92 Å². The zero-order chi connectivity index (χ0) is 15.0. The molecular weight excluding hydrogens is 288 g/mol. The molecule has 2 heterocycles. The van der Waals surface area contributed by atoms with Gasteiger partial charge in [0.25, 0.3) is 0 Å². The number of hydrogen-bond acceptors (Lipinski definition) is 4.